The van der Waals surface area contributed by atoms with E-state index in [1.165, 1.54) is 13.2 Å². The first-order chi connectivity index (χ1) is 6.54. The highest BCUT2D eigenvalue weighted by atomic mass is 35.5. The molecule has 0 aliphatic heterocycles. The van der Waals surface area contributed by atoms with Crippen LogP contribution in [-0.4, -0.2) is 13.2 Å². The molecule has 5 heteroatoms. The first-order valence-corrected chi connectivity index (χ1v) is 4.32. The molecule has 0 heterocycles. The fourth-order valence-electron chi connectivity index (χ4n) is 1.26. The van der Waals surface area contributed by atoms with Crippen LogP contribution < -0.4 is 10.5 Å². The van der Waals surface area contributed by atoms with Crippen LogP contribution in [0.3, 0.4) is 0 Å². The number of methoxy groups -OCH3 is 1. The maximum atomic E-state index is 13.0. The predicted molar refractivity (Wildman–Crippen MR) is 57.5 cm³/mol. The van der Waals surface area contributed by atoms with E-state index in [0.29, 0.717) is 12.0 Å². The summed E-state index contributed by atoms with van der Waals surface area (Å²) in [4.78, 5) is 0. The van der Waals surface area contributed by atoms with E-state index < -0.39 is 11.6 Å². The molecule has 0 spiro atoms. The van der Waals surface area contributed by atoms with Crippen LogP contribution in [0.15, 0.2) is 12.1 Å². The molecule has 2 N–H and O–H groups in total. The lowest BCUT2D eigenvalue weighted by Gasteiger charge is -2.08. The Morgan fingerprint density at radius 3 is 2.47 bits per heavy atom. The van der Waals surface area contributed by atoms with Gasteiger partial charge in [0.25, 0.3) is 0 Å². The second kappa shape index (κ2) is 5.88. The monoisotopic (exact) mass is 237 g/mol. The number of halogens is 3. The summed E-state index contributed by atoms with van der Waals surface area (Å²) in [5.74, 6) is -1.94. The molecule has 0 aromatic heterocycles. The molecule has 1 unspecified atom stereocenters. The lowest BCUT2D eigenvalue weighted by atomic mass is 10.1. The summed E-state index contributed by atoms with van der Waals surface area (Å²) < 4.78 is 30.7. The van der Waals surface area contributed by atoms with Gasteiger partial charge in [-0.25, -0.2) is 4.39 Å². The second-order valence-corrected chi connectivity index (χ2v) is 3.28. The van der Waals surface area contributed by atoms with Crippen LogP contribution in [0.5, 0.6) is 5.75 Å². The minimum atomic E-state index is -0.957. The Bertz CT molecular complexity index is 331. The van der Waals surface area contributed by atoms with Crippen LogP contribution in [0.1, 0.15) is 12.5 Å². The van der Waals surface area contributed by atoms with Crippen molar-refractivity contribution in [1.29, 1.82) is 0 Å². The van der Waals surface area contributed by atoms with Gasteiger partial charge < -0.3 is 10.5 Å². The third kappa shape index (κ3) is 3.64. The summed E-state index contributed by atoms with van der Waals surface area (Å²) in [6, 6.07) is 2.51. The normalized spacial score (nSPS) is 11.8. The van der Waals surface area contributed by atoms with Gasteiger partial charge in [0.2, 0.25) is 5.82 Å². The van der Waals surface area contributed by atoms with Gasteiger partial charge in [0, 0.05) is 6.04 Å². The molecule has 0 amide bonds. The summed E-state index contributed by atoms with van der Waals surface area (Å²) in [5.41, 5.74) is 6.18. The Balaban J connectivity index is 0.00000196. The first-order valence-electron chi connectivity index (χ1n) is 4.32. The first kappa shape index (κ1) is 14.1. The van der Waals surface area contributed by atoms with Gasteiger partial charge in [-0.15, -0.1) is 12.4 Å². The summed E-state index contributed by atoms with van der Waals surface area (Å²) >= 11 is 0. The molecule has 0 aliphatic rings. The number of ether oxygens (including phenoxy) is 1. The van der Waals surface area contributed by atoms with Crippen molar-refractivity contribution in [3.05, 3.63) is 29.3 Å². The Morgan fingerprint density at radius 1 is 1.40 bits per heavy atom. The van der Waals surface area contributed by atoms with E-state index in [0.717, 1.165) is 6.07 Å². The van der Waals surface area contributed by atoms with E-state index >= 15 is 0 Å². The summed E-state index contributed by atoms with van der Waals surface area (Å²) in [6.07, 6.45) is 0.494. The average Bonchev–Trinajstić information content (AvgIpc) is 2.10. The van der Waals surface area contributed by atoms with E-state index in [1.807, 2.05) is 0 Å². The largest absolute Gasteiger partial charge is 0.494 e. The average molecular weight is 238 g/mol. The van der Waals surface area contributed by atoms with Crippen LogP contribution >= 0.6 is 12.4 Å². The summed E-state index contributed by atoms with van der Waals surface area (Å²) in [6.45, 7) is 1.80. The van der Waals surface area contributed by atoms with Gasteiger partial charge in [0.05, 0.1) is 7.11 Å². The molecule has 2 nitrogen and oxygen atoms in total. The Kier molecular flexibility index (Phi) is 5.54. The van der Waals surface area contributed by atoms with Gasteiger partial charge in [-0.1, -0.05) is 0 Å². The Labute approximate surface area is 93.8 Å². The highest BCUT2D eigenvalue weighted by Gasteiger charge is 2.11. The molecule has 86 valence electrons. The van der Waals surface area contributed by atoms with E-state index in [4.69, 9.17) is 10.5 Å². The smallest absolute Gasteiger partial charge is 0.200 e. The number of hydrogen-bond acceptors (Lipinski definition) is 2. The molecule has 0 saturated heterocycles. The quantitative estimate of drug-likeness (QED) is 0.876. The van der Waals surface area contributed by atoms with Crippen LogP contribution in [0.25, 0.3) is 0 Å². The lowest BCUT2D eigenvalue weighted by molar-refractivity contribution is 0.370. The summed E-state index contributed by atoms with van der Waals surface area (Å²) in [5, 5.41) is 0. The molecule has 0 fully saturated rings. The molecule has 0 saturated carbocycles. The molecule has 1 aromatic rings. The van der Waals surface area contributed by atoms with Crippen molar-refractivity contribution >= 4 is 12.4 Å². The second-order valence-electron chi connectivity index (χ2n) is 3.28. The molecule has 1 aromatic carbocycles. The fraction of sp³-hybridized carbons (Fsp3) is 0.400. The van der Waals surface area contributed by atoms with Crippen molar-refractivity contribution in [3.63, 3.8) is 0 Å². The predicted octanol–water partition coefficient (Wildman–Crippen LogP) is 2.28. The maximum absolute atomic E-state index is 13.0. The van der Waals surface area contributed by atoms with Crippen molar-refractivity contribution in [2.45, 2.75) is 19.4 Å². The minimum absolute atomic E-state index is 0. The van der Waals surface area contributed by atoms with E-state index in [2.05, 4.69) is 0 Å². The van der Waals surface area contributed by atoms with Crippen molar-refractivity contribution in [1.82, 2.24) is 0 Å². The van der Waals surface area contributed by atoms with Gasteiger partial charge in [-0.3, -0.25) is 0 Å². The van der Waals surface area contributed by atoms with Crippen LogP contribution in [0.2, 0.25) is 0 Å². The molecule has 1 atom stereocenters. The van der Waals surface area contributed by atoms with Crippen molar-refractivity contribution in [2.24, 2.45) is 5.73 Å². The SMILES string of the molecule is COc1cc(CC(C)N)cc(F)c1F.Cl. The molecule has 0 aliphatic carbocycles. The topological polar surface area (TPSA) is 35.2 Å². The lowest BCUT2D eigenvalue weighted by Crippen LogP contribution is -2.18. The highest BCUT2D eigenvalue weighted by Crippen LogP contribution is 2.22. The van der Waals surface area contributed by atoms with Crippen LogP contribution in [-0.2, 0) is 6.42 Å². The molecule has 1 rings (SSSR count). The van der Waals surface area contributed by atoms with E-state index in [1.54, 1.807) is 6.92 Å². The molecular formula is C10H14ClF2NO. The van der Waals surface area contributed by atoms with Crippen LogP contribution in [0.4, 0.5) is 8.78 Å². The van der Waals surface area contributed by atoms with Crippen molar-refractivity contribution in [2.75, 3.05) is 7.11 Å². The number of nitrogens with two attached hydrogens (primary N) is 1. The van der Waals surface area contributed by atoms with Crippen molar-refractivity contribution < 1.29 is 13.5 Å². The van der Waals surface area contributed by atoms with Gasteiger partial charge >= 0.3 is 0 Å². The molecule has 0 radical (unpaired) electrons. The van der Waals surface area contributed by atoms with Crippen LogP contribution in [0, 0.1) is 11.6 Å². The van der Waals surface area contributed by atoms with Crippen molar-refractivity contribution in [3.8, 4) is 5.75 Å². The maximum Gasteiger partial charge on any atom is 0.200 e. The zero-order valence-corrected chi connectivity index (χ0v) is 9.41. The summed E-state index contributed by atoms with van der Waals surface area (Å²) in [7, 11) is 1.30. The van der Waals surface area contributed by atoms with Gasteiger partial charge in [0.15, 0.2) is 11.6 Å². The van der Waals surface area contributed by atoms with E-state index in [9.17, 15) is 8.78 Å². The van der Waals surface area contributed by atoms with Gasteiger partial charge in [0.1, 0.15) is 0 Å². The van der Waals surface area contributed by atoms with E-state index in [-0.39, 0.29) is 24.2 Å². The zero-order chi connectivity index (χ0) is 10.7. The van der Waals surface area contributed by atoms with Gasteiger partial charge in [-0.05, 0) is 31.0 Å². The molecule has 15 heavy (non-hydrogen) atoms. The molecular weight excluding hydrogens is 224 g/mol. The highest BCUT2D eigenvalue weighted by molar-refractivity contribution is 5.85. The number of rotatable bonds is 3. The van der Waals surface area contributed by atoms with Gasteiger partial charge in [-0.2, -0.15) is 4.39 Å². The Hall–Kier alpha value is -0.870. The Morgan fingerprint density at radius 2 is 2.00 bits per heavy atom. The third-order valence-corrected chi connectivity index (χ3v) is 1.83. The standard InChI is InChI=1S/C10H13F2NO.ClH/c1-6(13)3-7-4-8(11)10(12)9(5-7)14-2;/h4-6H,3,13H2,1-2H3;1H. The number of benzene rings is 1. The third-order valence-electron chi connectivity index (χ3n) is 1.83. The fourth-order valence-corrected chi connectivity index (χ4v) is 1.26. The molecule has 0 bridgehead atoms. The minimum Gasteiger partial charge on any atom is -0.494 e. The zero-order valence-electron chi connectivity index (χ0n) is 8.59. The number of hydrogen-bond donors (Lipinski definition) is 1.